The van der Waals surface area contributed by atoms with Crippen LogP contribution >= 0.6 is 0 Å². The van der Waals surface area contributed by atoms with Gasteiger partial charge in [-0.3, -0.25) is 0 Å². The van der Waals surface area contributed by atoms with Crippen molar-refractivity contribution < 1.29 is 24.1 Å². The van der Waals surface area contributed by atoms with E-state index in [0.717, 1.165) is 17.1 Å². The average Bonchev–Trinajstić information content (AvgIpc) is 3.14. The Bertz CT molecular complexity index is 588. The molecule has 0 radical (unpaired) electrons. The molecule has 1 aromatic rings. The van der Waals surface area contributed by atoms with Crippen molar-refractivity contribution >= 4 is 0 Å². The molecule has 20 heavy (non-hydrogen) atoms. The van der Waals surface area contributed by atoms with Gasteiger partial charge in [-0.1, -0.05) is 11.8 Å². The van der Waals surface area contributed by atoms with Crippen LogP contribution in [0.2, 0.25) is 0 Å². The second-order valence-electron chi connectivity index (χ2n) is 5.11. The lowest BCUT2D eigenvalue weighted by atomic mass is 10.0. The van der Waals surface area contributed by atoms with Crippen molar-refractivity contribution in [1.82, 2.24) is 0 Å². The van der Waals surface area contributed by atoms with Gasteiger partial charge in [0.05, 0.1) is 19.1 Å². The van der Waals surface area contributed by atoms with E-state index in [4.69, 9.17) is 18.9 Å². The minimum absolute atomic E-state index is 0.00238. The van der Waals surface area contributed by atoms with E-state index in [0.29, 0.717) is 13.2 Å². The molecule has 0 unspecified atom stereocenters. The van der Waals surface area contributed by atoms with Crippen LogP contribution in [0.25, 0.3) is 0 Å². The molecule has 3 heterocycles. The molecule has 1 aromatic carbocycles. The predicted octanol–water partition coefficient (Wildman–Crippen LogP) is 0.541. The Morgan fingerprint density at radius 1 is 1.05 bits per heavy atom. The van der Waals surface area contributed by atoms with Gasteiger partial charge in [-0.2, -0.15) is 0 Å². The van der Waals surface area contributed by atoms with Crippen molar-refractivity contribution in [2.45, 2.75) is 18.3 Å². The number of aliphatic hydroxyl groups excluding tert-OH is 1. The van der Waals surface area contributed by atoms with Crippen LogP contribution in [0.1, 0.15) is 5.56 Å². The lowest BCUT2D eigenvalue weighted by Crippen LogP contribution is -2.28. The molecule has 0 aliphatic carbocycles. The van der Waals surface area contributed by atoms with Crippen LogP contribution in [0.3, 0.4) is 0 Å². The van der Waals surface area contributed by atoms with E-state index in [1.54, 1.807) is 0 Å². The first kappa shape index (κ1) is 12.0. The zero-order valence-electron chi connectivity index (χ0n) is 10.7. The van der Waals surface area contributed by atoms with Crippen LogP contribution < -0.4 is 9.47 Å². The van der Waals surface area contributed by atoms with Crippen LogP contribution in [0.5, 0.6) is 11.5 Å². The average molecular weight is 274 g/mol. The molecule has 4 atom stereocenters. The van der Waals surface area contributed by atoms with Crippen LogP contribution in [0, 0.1) is 17.8 Å². The molecule has 104 valence electrons. The number of hydrogen-bond acceptors (Lipinski definition) is 5. The maximum absolute atomic E-state index is 9.68. The molecule has 0 saturated carbocycles. The topological polar surface area (TPSA) is 57.2 Å². The van der Waals surface area contributed by atoms with Crippen LogP contribution in [-0.4, -0.2) is 43.4 Å². The lowest BCUT2D eigenvalue weighted by Gasteiger charge is -2.10. The smallest absolute Gasteiger partial charge is 0.231 e. The molecule has 5 nitrogen and oxygen atoms in total. The van der Waals surface area contributed by atoms with Gasteiger partial charge >= 0.3 is 0 Å². The van der Waals surface area contributed by atoms with Gasteiger partial charge in [0, 0.05) is 5.56 Å². The molecule has 3 aliphatic heterocycles. The summed E-state index contributed by atoms with van der Waals surface area (Å²) < 4.78 is 21.7. The Morgan fingerprint density at radius 2 is 1.90 bits per heavy atom. The molecule has 4 rings (SSSR count). The van der Waals surface area contributed by atoms with E-state index in [-0.39, 0.29) is 24.9 Å². The Labute approximate surface area is 116 Å². The third-order valence-electron chi connectivity index (χ3n) is 3.80. The van der Waals surface area contributed by atoms with Gasteiger partial charge in [0.1, 0.15) is 18.3 Å². The SMILES string of the molecule is O[C@@H]1CO[C@H]2[C@@H]1OC[C@@H]2C#Cc1ccc2c(c1)OCO2. The van der Waals surface area contributed by atoms with Gasteiger partial charge in [0.2, 0.25) is 6.79 Å². The highest BCUT2D eigenvalue weighted by Crippen LogP contribution is 2.33. The number of rotatable bonds is 0. The van der Waals surface area contributed by atoms with Crippen molar-refractivity contribution in [3.05, 3.63) is 23.8 Å². The van der Waals surface area contributed by atoms with Crippen LogP contribution in [-0.2, 0) is 9.47 Å². The van der Waals surface area contributed by atoms with E-state index in [1.807, 2.05) is 18.2 Å². The fourth-order valence-corrected chi connectivity index (χ4v) is 2.75. The molecule has 0 amide bonds. The molecule has 0 bridgehead atoms. The summed E-state index contributed by atoms with van der Waals surface area (Å²) >= 11 is 0. The quantitative estimate of drug-likeness (QED) is 0.700. The summed E-state index contributed by atoms with van der Waals surface area (Å²) in [7, 11) is 0. The molecule has 1 N–H and O–H groups in total. The van der Waals surface area contributed by atoms with Crippen molar-refractivity contribution in [2.24, 2.45) is 5.92 Å². The summed E-state index contributed by atoms with van der Waals surface area (Å²) in [4.78, 5) is 0. The van der Waals surface area contributed by atoms with Crippen LogP contribution in [0.4, 0.5) is 0 Å². The van der Waals surface area contributed by atoms with E-state index < -0.39 is 6.10 Å². The second-order valence-corrected chi connectivity index (χ2v) is 5.11. The van der Waals surface area contributed by atoms with Crippen molar-refractivity contribution in [2.75, 3.05) is 20.0 Å². The predicted molar refractivity (Wildman–Crippen MR) is 68.4 cm³/mol. The zero-order valence-corrected chi connectivity index (χ0v) is 10.7. The van der Waals surface area contributed by atoms with E-state index in [2.05, 4.69) is 11.8 Å². The summed E-state index contributed by atoms with van der Waals surface area (Å²) in [5.41, 5.74) is 0.872. The number of benzene rings is 1. The largest absolute Gasteiger partial charge is 0.454 e. The number of aliphatic hydroxyl groups is 1. The number of hydrogen-bond donors (Lipinski definition) is 1. The van der Waals surface area contributed by atoms with Gasteiger partial charge in [-0.05, 0) is 18.2 Å². The first-order valence-corrected chi connectivity index (χ1v) is 6.64. The van der Waals surface area contributed by atoms with Crippen molar-refractivity contribution in [3.63, 3.8) is 0 Å². The van der Waals surface area contributed by atoms with Gasteiger partial charge in [0.15, 0.2) is 11.5 Å². The standard InChI is InChI=1S/C15H14O5/c16-11-7-18-14-10(6-17-15(11)14)3-1-9-2-4-12-13(5-9)20-8-19-12/h2,4-5,10-11,14-16H,6-8H2/t10-,11+,14+,15+/m0/s1. The van der Waals surface area contributed by atoms with Crippen molar-refractivity contribution in [1.29, 1.82) is 0 Å². The first-order chi connectivity index (χ1) is 9.81. The van der Waals surface area contributed by atoms with Gasteiger partial charge in [-0.25, -0.2) is 0 Å². The summed E-state index contributed by atoms with van der Waals surface area (Å²) in [5, 5.41) is 9.68. The molecule has 3 aliphatic rings. The second kappa shape index (κ2) is 4.67. The molecular weight excluding hydrogens is 260 g/mol. The summed E-state index contributed by atoms with van der Waals surface area (Å²) in [5.74, 6) is 7.77. The van der Waals surface area contributed by atoms with Gasteiger partial charge in [0.25, 0.3) is 0 Å². The minimum atomic E-state index is -0.530. The fraction of sp³-hybridized carbons (Fsp3) is 0.467. The maximum atomic E-state index is 9.68. The van der Waals surface area contributed by atoms with Gasteiger partial charge < -0.3 is 24.1 Å². The molecule has 0 spiro atoms. The Morgan fingerprint density at radius 3 is 2.85 bits per heavy atom. The monoisotopic (exact) mass is 274 g/mol. The highest BCUT2D eigenvalue weighted by molar-refractivity contribution is 5.49. The molecule has 2 saturated heterocycles. The third kappa shape index (κ3) is 1.93. The zero-order chi connectivity index (χ0) is 13.5. The highest BCUT2D eigenvalue weighted by Gasteiger charge is 2.46. The maximum Gasteiger partial charge on any atom is 0.231 e. The number of fused-ring (bicyclic) bond motifs is 2. The number of ether oxygens (including phenoxy) is 4. The molecule has 2 fully saturated rings. The highest BCUT2D eigenvalue weighted by atomic mass is 16.7. The Hall–Kier alpha value is -1.74. The minimum Gasteiger partial charge on any atom is -0.454 e. The van der Waals surface area contributed by atoms with Crippen molar-refractivity contribution in [3.8, 4) is 23.3 Å². The Kier molecular flexibility index (Phi) is 2.81. The molecular formula is C15H14O5. The summed E-state index contributed by atoms with van der Waals surface area (Å²) in [6.45, 7) is 1.10. The Balaban J connectivity index is 1.52. The van der Waals surface area contributed by atoms with Crippen LogP contribution in [0.15, 0.2) is 18.2 Å². The third-order valence-corrected chi connectivity index (χ3v) is 3.80. The first-order valence-electron chi connectivity index (χ1n) is 6.64. The summed E-state index contributed by atoms with van der Waals surface area (Å²) in [6.07, 6.45) is -0.880. The van der Waals surface area contributed by atoms with E-state index in [9.17, 15) is 5.11 Å². The molecule has 0 aromatic heterocycles. The summed E-state index contributed by atoms with van der Waals surface area (Å²) in [6, 6.07) is 5.63. The molecule has 5 heteroatoms. The van der Waals surface area contributed by atoms with Gasteiger partial charge in [-0.15, -0.1) is 0 Å². The van der Waals surface area contributed by atoms with E-state index >= 15 is 0 Å². The fourth-order valence-electron chi connectivity index (χ4n) is 2.75. The lowest BCUT2D eigenvalue weighted by molar-refractivity contribution is 0.0179. The van der Waals surface area contributed by atoms with E-state index in [1.165, 1.54) is 0 Å². The normalized spacial score (nSPS) is 33.6.